The van der Waals surface area contributed by atoms with Gasteiger partial charge in [-0.25, -0.2) is 0 Å². The molecule has 2 amide bonds. The second-order valence-electron chi connectivity index (χ2n) is 6.74. The van der Waals surface area contributed by atoms with E-state index in [1.54, 1.807) is 0 Å². The second-order valence-corrected chi connectivity index (χ2v) is 6.74. The van der Waals surface area contributed by atoms with Crippen LogP contribution < -0.4 is 11.1 Å². The Kier molecular flexibility index (Phi) is 9.36. The molecule has 0 aromatic heterocycles. The number of halogens is 2. The minimum atomic E-state index is -0.503. The third-order valence-corrected chi connectivity index (χ3v) is 4.61. The molecule has 0 bridgehead atoms. The van der Waals surface area contributed by atoms with Crippen LogP contribution in [-0.2, 0) is 16.0 Å². The van der Waals surface area contributed by atoms with E-state index >= 15 is 0 Å². The van der Waals surface area contributed by atoms with Gasteiger partial charge in [0.2, 0.25) is 11.8 Å². The fraction of sp³-hybridized carbons (Fsp3) is 0.556. The lowest BCUT2D eigenvalue weighted by Gasteiger charge is -2.35. The molecule has 0 radical (unpaired) electrons. The molecule has 1 unspecified atom stereocenters. The van der Waals surface area contributed by atoms with Crippen LogP contribution in [0.5, 0.6) is 0 Å². The molecule has 1 aromatic rings. The van der Waals surface area contributed by atoms with Crippen LogP contribution in [0.2, 0.25) is 0 Å². The van der Waals surface area contributed by atoms with Crippen LogP contribution >= 0.6 is 24.8 Å². The number of amides is 2. The number of nitrogens with two attached hydrogens (primary N) is 1. The van der Waals surface area contributed by atoms with Crippen molar-refractivity contribution in [3.05, 3.63) is 35.9 Å². The number of piperazine rings is 1. The summed E-state index contributed by atoms with van der Waals surface area (Å²) in [5.41, 5.74) is 7.17. The largest absolute Gasteiger partial charge is 0.352 e. The van der Waals surface area contributed by atoms with E-state index in [2.05, 4.69) is 10.2 Å². The Morgan fingerprint density at radius 2 is 1.69 bits per heavy atom. The molecule has 8 heteroatoms. The SMILES string of the molecule is Cl.Cl.NC(Cc1ccccc1)C(=O)N1CCN(CC(=O)NC2CC2)CC1. The summed E-state index contributed by atoms with van der Waals surface area (Å²) in [5, 5.41) is 3.00. The van der Waals surface area contributed by atoms with E-state index in [9.17, 15) is 9.59 Å². The van der Waals surface area contributed by atoms with Crippen molar-refractivity contribution in [2.45, 2.75) is 31.3 Å². The molecule has 0 spiro atoms. The Bertz CT molecular complexity index is 576. The lowest BCUT2D eigenvalue weighted by atomic mass is 10.1. The van der Waals surface area contributed by atoms with Gasteiger partial charge in [-0.2, -0.15) is 0 Å². The fourth-order valence-corrected chi connectivity index (χ4v) is 3.02. The Morgan fingerprint density at radius 1 is 1.08 bits per heavy atom. The van der Waals surface area contributed by atoms with Gasteiger partial charge in [0, 0.05) is 32.2 Å². The van der Waals surface area contributed by atoms with Crippen molar-refractivity contribution in [3.63, 3.8) is 0 Å². The van der Waals surface area contributed by atoms with Crippen molar-refractivity contribution in [3.8, 4) is 0 Å². The number of hydrogen-bond acceptors (Lipinski definition) is 4. The second kappa shape index (κ2) is 10.7. The highest BCUT2D eigenvalue weighted by Gasteiger charge is 2.28. The molecule has 1 aliphatic carbocycles. The molecular formula is C18H28Cl2N4O2. The minimum Gasteiger partial charge on any atom is -0.352 e. The van der Waals surface area contributed by atoms with E-state index in [0.29, 0.717) is 32.1 Å². The molecule has 2 aliphatic rings. The van der Waals surface area contributed by atoms with E-state index in [4.69, 9.17) is 5.73 Å². The highest BCUT2D eigenvalue weighted by atomic mass is 35.5. The number of hydrogen-bond donors (Lipinski definition) is 2. The van der Waals surface area contributed by atoms with Crippen molar-refractivity contribution in [2.75, 3.05) is 32.7 Å². The molecule has 2 fully saturated rings. The van der Waals surface area contributed by atoms with Gasteiger partial charge < -0.3 is 16.0 Å². The molecule has 1 aliphatic heterocycles. The molecule has 1 saturated carbocycles. The summed E-state index contributed by atoms with van der Waals surface area (Å²) in [6, 6.07) is 9.74. The Labute approximate surface area is 167 Å². The number of rotatable bonds is 6. The number of carbonyl (C=O) groups is 2. The van der Waals surface area contributed by atoms with Crippen LogP contribution in [0.4, 0.5) is 0 Å². The molecule has 6 nitrogen and oxygen atoms in total. The molecule has 1 heterocycles. The number of nitrogens with one attached hydrogen (secondary N) is 1. The zero-order valence-corrected chi connectivity index (χ0v) is 16.4. The van der Waals surface area contributed by atoms with Gasteiger partial charge in [0.25, 0.3) is 0 Å². The molecule has 1 atom stereocenters. The van der Waals surface area contributed by atoms with Gasteiger partial charge in [0.15, 0.2) is 0 Å². The molecule has 1 saturated heterocycles. The summed E-state index contributed by atoms with van der Waals surface area (Å²) >= 11 is 0. The van der Waals surface area contributed by atoms with Crippen LogP contribution in [-0.4, -0.2) is 66.4 Å². The first-order valence-electron chi connectivity index (χ1n) is 8.72. The summed E-state index contributed by atoms with van der Waals surface area (Å²) in [7, 11) is 0. The van der Waals surface area contributed by atoms with Gasteiger partial charge >= 0.3 is 0 Å². The van der Waals surface area contributed by atoms with Crippen molar-refractivity contribution in [2.24, 2.45) is 5.73 Å². The summed E-state index contributed by atoms with van der Waals surface area (Å²) in [6.07, 6.45) is 2.77. The maximum atomic E-state index is 12.5. The zero-order valence-electron chi connectivity index (χ0n) is 14.8. The standard InChI is InChI=1S/C18H26N4O2.2ClH/c19-16(12-14-4-2-1-3-5-14)18(24)22-10-8-21(9-11-22)13-17(23)20-15-6-7-15;;/h1-5,15-16H,6-13,19H2,(H,20,23);2*1H. The molecule has 3 N–H and O–H groups in total. The first kappa shape index (κ1) is 22.7. The van der Waals surface area contributed by atoms with Crippen LogP contribution in [0.1, 0.15) is 18.4 Å². The summed E-state index contributed by atoms with van der Waals surface area (Å²) in [6.45, 7) is 3.15. The lowest BCUT2D eigenvalue weighted by molar-refractivity contribution is -0.134. The monoisotopic (exact) mass is 402 g/mol. The highest BCUT2D eigenvalue weighted by molar-refractivity contribution is 5.85. The van der Waals surface area contributed by atoms with Crippen LogP contribution in [0.15, 0.2) is 30.3 Å². The number of benzene rings is 1. The van der Waals surface area contributed by atoms with Crippen LogP contribution in [0.3, 0.4) is 0 Å². The predicted octanol–water partition coefficient (Wildman–Crippen LogP) is 0.823. The van der Waals surface area contributed by atoms with Crippen molar-refractivity contribution < 1.29 is 9.59 Å². The number of nitrogens with zero attached hydrogens (tertiary/aromatic N) is 2. The minimum absolute atomic E-state index is 0. The van der Waals surface area contributed by atoms with E-state index in [-0.39, 0.29) is 36.6 Å². The summed E-state index contributed by atoms with van der Waals surface area (Å²) in [5.74, 6) is 0.0963. The van der Waals surface area contributed by atoms with Crippen LogP contribution in [0, 0.1) is 0 Å². The van der Waals surface area contributed by atoms with Gasteiger partial charge in [0.05, 0.1) is 12.6 Å². The Balaban J connectivity index is 0.00000169. The van der Waals surface area contributed by atoms with E-state index < -0.39 is 6.04 Å². The van der Waals surface area contributed by atoms with E-state index in [1.807, 2.05) is 35.2 Å². The van der Waals surface area contributed by atoms with Gasteiger partial charge in [0.1, 0.15) is 0 Å². The van der Waals surface area contributed by atoms with Gasteiger partial charge in [-0.05, 0) is 24.8 Å². The zero-order chi connectivity index (χ0) is 16.9. The first-order valence-corrected chi connectivity index (χ1v) is 8.72. The topological polar surface area (TPSA) is 78.7 Å². The quantitative estimate of drug-likeness (QED) is 0.738. The Morgan fingerprint density at radius 3 is 2.27 bits per heavy atom. The molecule has 1 aromatic carbocycles. The van der Waals surface area contributed by atoms with Crippen molar-refractivity contribution in [1.82, 2.24) is 15.1 Å². The average molecular weight is 403 g/mol. The predicted molar refractivity (Wildman–Crippen MR) is 107 cm³/mol. The average Bonchev–Trinajstić information content (AvgIpc) is 3.39. The van der Waals surface area contributed by atoms with Gasteiger partial charge in [-0.1, -0.05) is 30.3 Å². The summed E-state index contributed by atoms with van der Waals surface area (Å²) in [4.78, 5) is 28.2. The van der Waals surface area contributed by atoms with Crippen molar-refractivity contribution >= 4 is 36.6 Å². The van der Waals surface area contributed by atoms with E-state index in [0.717, 1.165) is 31.5 Å². The maximum Gasteiger partial charge on any atom is 0.239 e. The van der Waals surface area contributed by atoms with Crippen molar-refractivity contribution in [1.29, 1.82) is 0 Å². The molecular weight excluding hydrogens is 375 g/mol. The third-order valence-electron chi connectivity index (χ3n) is 4.61. The molecule has 26 heavy (non-hydrogen) atoms. The summed E-state index contributed by atoms with van der Waals surface area (Å²) < 4.78 is 0. The lowest BCUT2D eigenvalue weighted by Crippen LogP contribution is -2.55. The smallest absolute Gasteiger partial charge is 0.239 e. The van der Waals surface area contributed by atoms with Crippen LogP contribution in [0.25, 0.3) is 0 Å². The van der Waals surface area contributed by atoms with Gasteiger partial charge in [-0.15, -0.1) is 24.8 Å². The Hall–Kier alpha value is -1.34. The normalized spacial score (nSPS) is 18.3. The third kappa shape index (κ3) is 6.76. The number of carbonyl (C=O) groups excluding carboxylic acids is 2. The highest BCUT2D eigenvalue weighted by Crippen LogP contribution is 2.18. The maximum absolute atomic E-state index is 12.5. The molecule has 146 valence electrons. The fourth-order valence-electron chi connectivity index (χ4n) is 3.02. The molecule has 3 rings (SSSR count). The first-order chi connectivity index (χ1) is 11.6. The van der Waals surface area contributed by atoms with Gasteiger partial charge in [-0.3, -0.25) is 14.5 Å². The van der Waals surface area contributed by atoms with E-state index in [1.165, 1.54) is 0 Å².